The molecular formula is C40H62N12O13S2. The van der Waals surface area contributed by atoms with Gasteiger partial charge in [-0.3, -0.25) is 52.7 Å². The number of primary amides is 3. The summed E-state index contributed by atoms with van der Waals surface area (Å²) in [7, 11) is 0. The van der Waals surface area contributed by atoms with Gasteiger partial charge in [-0.05, 0) is 42.9 Å². The number of nitrogens with zero attached hydrogens (tertiary/aromatic N) is 1. The summed E-state index contributed by atoms with van der Waals surface area (Å²) in [6.45, 7) is 1.74. The second-order valence-corrected chi connectivity index (χ2v) is 16.5. The molecule has 67 heavy (non-hydrogen) atoms. The molecular weight excluding hydrogens is 921 g/mol. The van der Waals surface area contributed by atoms with Gasteiger partial charge in [-0.2, -0.15) is 25.3 Å². The summed E-state index contributed by atoms with van der Waals surface area (Å²) in [6.07, 6.45) is -0.735. The summed E-state index contributed by atoms with van der Waals surface area (Å²) < 4.78 is 0. The number of carbonyl (C=O) groups is 11. The van der Waals surface area contributed by atoms with E-state index in [1.165, 1.54) is 24.3 Å². The van der Waals surface area contributed by atoms with E-state index in [9.17, 15) is 63.0 Å². The lowest BCUT2D eigenvalue weighted by Crippen LogP contribution is -2.62. The lowest BCUT2D eigenvalue weighted by molar-refractivity contribution is -0.142. The van der Waals surface area contributed by atoms with Crippen LogP contribution in [-0.4, -0.2) is 160 Å². The van der Waals surface area contributed by atoms with Gasteiger partial charge >= 0.3 is 0 Å². The van der Waals surface area contributed by atoms with Crippen LogP contribution in [0.3, 0.4) is 0 Å². The number of aliphatic hydroxyl groups is 1. The topological polar surface area (TPSA) is 420 Å². The fourth-order valence-corrected chi connectivity index (χ4v) is 7.03. The molecule has 0 aliphatic carbocycles. The number of hydrogen-bond donors (Lipinski definition) is 15. The molecule has 2 rings (SSSR count). The second kappa shape index (κ2) is 28.1. The van der Waals surface area contributed by atoms with Gasteiger partial charge in [-0.15, -0.1) is 0 Å². The van der Waals surface area contributed by atoms with Crippen molar-refractivity contribution in [3.63, 3.8) is 0 Å². The van der Waals surface area contributed by atoms with E-state index in [0.29, 0.717) is 18.4 Å². The van der Waals surface area contributed by atoms with Crippen LogP contribution in [0.15, 0.2) is 24.3 Å². The Labute approximate surface area is 396 Å². The highest BCUT2D eigenvalue weighted by Crippen LogP contribution is 2.20. The lowest BCUT2D eigenvalue weighted by Gasteiger charge is -2.30. The number of phenolic OH excluding ortho intramolecular Hbond substituents is 1. The van der Waals surface area contributed by atoms with Crippen molar-refractivity contribution in [2.75, 3.05) is 31.2 Å². The molecule has 372 valence electrons. The number of nitrogens with two attached hydrogens (primary N) is 4. The number of aromatic hydroxyl groups is 1. The van der Waals surface area contributed by atoms with Gasteiger partial charge in [-0.1, -0.05) is 32.4 Å². The minimum Gasteiger partial charge on any atom is -0.508 e. The summed E-state index contributed by atoms with van der Waals surface area (Å²) in [5.41, 5.74) is 22.0. The lowest BCUT2D eigenvalue weighted by atomic mass is 9.96. The predicted octanol–water partition coefficient (Wildman–Crippen LogP) is -6.20. The summed E-state index contributed by atoms with van der Waals surface area (Å²) in [5, 5.41) is 36.7. The average molecular weight is 983 g/mol. The smallest absolute Gasteiger partial charge is 0.246 e. The third-order valence-corrected chi connectivity index (χ3v) is 11.3. The molecule has 0 unspecified atom stereocenters. The van der Waals surface area contributed by atoms with Crippen molar-refractivity contribution in [1.82, 2.24) is 42.1 Å². The first-order chi connectivity index (χ1) is 31.6. The number of thiol groups is 2. The van der Waals surface area contributed by atoms with Gasteiger partial charge in [-0.25, -0.2) is 0 Å². The Balaban J connectivity index is 2.25. The van der Waals surface area contributed by atoms with E-state index in [0.717, 1.165) is 4.90 Å². The molecule has 1 aliphatic heterocycles. The highest BCUT2D eigenvalue weighted by Gasteiger charge is 2.40. The number of likely N-dealkylation sites (tertiary alicyclic amines) is 1. The number of amides is 11. The first kappa shape index (κ1) is 56.9. The van der Waals surface area contributed by atoms with Gasteiger partial charge in [0.05, 0.1) is 25.6 Å². The molecule has 0 radical (unpaired) electrons. The zero-order chi connectivity index (χ0) is 50.5. The Morgan fingerprint density at radius 1 is 0.716 bits per heavy atom. The van der Waals surface area contributed by atoms with Gasteiger partial charge < -0.3 is 75.3 Å². The maximum Gasteiger partial charge on any atom is 0.246 e. The fourth-order valence-electron chi connectivity index (χ4n) is 6.61. The first-order valence-corrected chi connectivity index (χ1v) is 22.4. The molecule has 1 aromatic carbocycles. The Kier molecular flexibility index (Phi) is 23.9. The average Bonchev–Trinajstić information content (AvgIpc) is 3.79. The van der Waals surface area contributed by atoms with Gasteiger partial charge in [0, 0.05) is 30.9 Å². The standard InChI is InChI=1S/C40H62N12O13S2/c1-3-19(2)32(51-36(61)24(47-33(58)22(41)17-66)13-20-6-8-21(54)9-7-20)39(64)49-26(16-53)37(62)48-25(14-30(43)56)35(60)50-27(18-67)40(65)52-12-4-5-28(52)38(63)46-23(10-11-29(42)55)34(59)45-15-31(44)57/h6-9,19,22-28,32,53-54,66-67H,3-5,10-18,41H2,1-2H3,(H2,42,55)(H2,43,56)(H2,44,57)(H,45,59)(H,46,63)(H,47,58)(H,48,62)(H,49,64)(H,50,60)(H,51,61)/t19-,22-,23-,24-,25-,26-,27-,28-,32-/m0/s1. The minimum atomic E-state index is -1.79. The molecule has 1 saturated heterocycles. The zero-order valence-electron chi connectivity index (χ0n) is 37.0. The maximum absolute atomic E-state index is 13.8. The Morgan fingerprint density at radius 2 is 1.30 bits per heavy atom. The van der Waals surface area contributed by atoms with E-state index in [2.05, 4.69) is 62.5 Å². The van der Waals surface area contributed by atoms with Gasteiger partial charge in [0.2, 0.25) is 65.0 Å². The molecule has 0 spiro atoms. The number of rotatable bonds is 28. The first-order valence-electron chi connectivity index (χ1n) is 21.2. The van der Waals surface area contributed by atoms with Crippen LogP contribution in [0.4, 0.5) is 0 Å². The molecule has 1 fully saturated rings. The molecule has 11 amide bonds. The van der Waals surface area contributed by atoms with Crippen LogP contribution in [-0.2, 0) is 59.2 Å². The second-order valence-electron chi connectivity index (χ2n) is 15.8. The molecule has 1 heterocycles. The molecule has 17 N–H and O–H groups in total. The van der Waals surface area contributed by atoms with Crippen molar-refractivity contribution in [3.05, 3.63) is 29.8 Å². The third kappa shape index (κ3) is 18.5. The Hall–Kier alpha value is -6.19. The van der Waals surface area contributed by atoms with Crippen LogP contribution in [0.2, 0.25) is 0 Å². The minimum absolute atomic E-state index is 0.0201. The van der Waals surface area contributed by atoms with E-state index < -0.39 is 139 Å². The van der Waals surface area contributed by atoms with Crippen LogP contribution in [0.5, 0.6) is 5.75 Å². The maximum atomic E-state index is 13.8. The molecule has 27 heteroatoms. The number of nitrogens with one attached hydrogen (secondary N) is 7. The van der Waals surface area contributed by atoms with Crippen LogP contribution in [0.25, 0.3) is 0 Å². The number of hydrogen-bond acceptors (Lipinski definition) is 16. The van der Waals surface area contributed by atoms with Crippen LogP contribution in [0, 0.1) is 5.92 Å². The normalized spacial score (nSPS) is 16.8. The molecule has 0 bridgehead atoms. The van der Waals surface area contributed by atoms with Crippen molar-refractivity contribution >= 4 is 90.2 Å². The van der Waals surface area contributed by atoms with Crippen LogP contribution >= 0.6 is 25.3 Å². The number of benzene rings is 1. The van der Waals surface area contributed by atoms with Crippen molar-refractivity contribution in [1.29, 1.82) is 0 Å². The quantitative estimate of drug-likeness (QED) is 0.0348. The molecule has 9 atom stereocenters. The van der Waals surface area contributed by atoms with Gasteiger partial charge in [0.25, 0.3) is 0 Å². The van der Waals surface area contributed by atoms with Crippen LogP contribution < -0.4 is 60.2 Å². The van der Waals surface area contributed by atoms with Gasteiger partial charge in [0.1, 0.15) is 48.0 Å². The molecule has 1 aromatic rings. The number of carbonyl (C=O) groups excluding carboxylic acids is 11. The van der Waals surface area contributed by atoms with E-state index >= 15 is 0 Å². The van der Waals surface area contributed by atoms with E-state index in [-0.39, 0.29) is 49.5 Å². The zero-order valence-corrected chi connectivity index (χ0v) is 38.8. The summed E-state index contributed by atoms with van der Waals surface area (Å²) in [6, 6.07) is -5.49. The molecule has 0 saturated carbocycles. The summed E-state index contributed by atoms with van der Waals surface area (Å²) >= 11 is 8.20. The summed E-state index contributed by atoms with van der Waals surface area (Å²) in [4.78, 5) is 143. The highest BCUT2D eigenvalue weighted by atomic mass is 32.1. The van der Waals surface area contributed by atoms with Crippen molar-refractivity contribution < 1.29 is 63.0 Å². The highest BCUT2D eigenvalue weighted by molar-refractivity contribution is 7.80. The molecule has 1 aliphatic rings. The van der Waals surface area contributed by atoms with Crippen molar-refractivity contribution in [3.8, 4) is 5.75 Å². The van der Waals surface area contributed by atoms with Crippen LogP contribution in [0.1, 0.15) is 57.9 Å². The van der Waals surface area contributed by atoms with E-state index in [1.807, 2.05) is 0 Å². The SMILES string of the molecule is CC[C@H](C)[C@H](NC(=O)[C@H](Cc1ccc(O)cc1)NC(=O)[C@@H](N)CS)C(=O)N[C@@H](CO)C(=O)N[C@@H](CC(N)=O)C(=O)N[C@@H](CS)C(=O)N1CCC[C@H]1C(=O)N[C@@H](CCC(N)=O)C(=O)NCC(N)=O. The largest absolute Gasteiger partial charge is 0.508 e. The summed E-state index contributed by atoms with van der Waals surface area (Å²) in [5.74, 6) is -11.0. The van der Waals surface area contributed by atoms with Gasteiger partial charge in [0.15, 0.2) is 0 Å². The van der Waals surface area contributed by atoms with E-state index in [4.69, 9.17) is 22.9 Å². The third-order valence-electron chi connectivity index (χ3n) is 10.6. The monoisotopic (exact) mass is 982 g/mol. The van der Waals surface area contributed by atoms with Crippen molar-refractivity contribution in [2.45, 2.75) is 107 Å². The Bertz CT molecular complexity index is 1960. The number of aliphatic hydroxyl groups excluding tert-OH is 1. The van der Waals surface area contributed by atoms with E-state index in [1.54, 1.807) is 13.8 Å². The Morgan fingerprint density at radius 3 is 1.85 bits per heavy atom. The predicted molar refractivity (Wildman–Crippen MR) is 245 cm³/mol. The van der Waals surface area contributed by atoms with Crippen molar-refractivity contribution in [2.24, 2.45) is 28.9 Å². The number of phenols is 1. The molecule has 25 nitrogen and oxygen atoms in total. The fraction of sp³-hybridized carbons (Fsp3) is 0.575. The molecule has 0 aromatic heterocycles.